The van der Waals surface area contributed by atoms with Crippen molar-refractivity contribution in [3.63, 3.8) is 0 Å². The van der Waals surface area contributed by atoms with E-state index < -0.39 is 11.1 Å². The van der Waals surface area contributed by atoms with Crippen LogP contribution in [0.15, 0.2) is 43.6 Å². The first kappa shape index (κ1) is 37.5. The number of aryl methyl sites for hydroxylation is 2. The van der Waals surface area contributed by atoms with Crippen molar-refractivity contribution in [2.24, 2.45) is 5.73 Å². The van der Waals surface area contributed by atoms with Gasteiger partial charge in [0.2, 0.25) is 0 Å². The zero-order valence-corrected chi connectivity index (χ0v) is 28.4. The van der Waals surface area contributed by atoms with Gasteiger partial charge in [0.15, 0.2) is 0 Å². The molecule has 6 heterocycles. The van der Waals surface area contributed by atoms with E-state index in [0.29, 0.717) is 10.3 Å². The van der Waals surface area contributed by atoms with Gasteiger partial charge in [0.05, 0.1) is 16.2 Å². The van der Waals surface area contributed by atoms with Gasteiger partial charge in [-0.3, -0.25) is 0 Å². The molecule has 0 radical (unpaired) electrons. The zero-order valence-electron chi connectivity index (χ0n) is 26.1. The van der Waals surface area contributed by atoms with Crippen LogP contribution in [0.4, 0.5) is 5.82 Å². The minimum Gasteiger partial charge on any atom is -0.369 e. The van der Waals surface area contributed by atoms with E-state index in [1.54, 1.807) is 12.5 Å². The Kier molecular flexibility index (Phi) is 17.0. The molecule has 1 unspecified atom stereocenters. The van der Waals surface area contributed by atoms with Gasteiger partial charge >= 0.3 is 0 Å². The molecule has 244 valence electrons. The Morgan fingerprint density at radius 3 is 1.89 bits per heavy atom. The fourth-order valence-corrected chi connectivity index (χ4v) is 4.23. The van der Waals surface area contributed by atoms with E-state index in [0.717, 1.165) is 64.0 Å². The van der Waals surface area contributed by atoms with E-state index in [2.05, 4.69) is 70.9 Å². The summed E-state index contributed by atoms with van der Waals surface area (Å²) in [6, 6.07) is 1.84. The largest absolute Gasteiger partial charge is 0.369 e. The van der Waals surface area contributed by atoms with Gasteiger partial charge in [0.1, 0.15) is 63.1 Å². The quantitative estimate of drug-likeness (QED) is 0.0634. The molecule has 1 atom stereocenters. The lowest BCUT2D eigenvalue weighted by molar-refractivity contribution is 0.571. The molecule has 0 amide bonds. The van der Waals surface area contributed by atoms with Crippen molar-refractivity contribution < 1.29 is 8.76 Å². The van der Waals surface area contributed by atoms with Gasteiger partial charge in [-0.25, -0.2) is 34.1 Å². The number of aromatic amines is 3. The number of fused-ring (bicyclic) bond motifs is 3. The highest BCUT2D eigenvalue weighted by atomic mass is 35.5. The summed E-state index contributed by atoms with van der Waals surface area (Å²) in [6.45, 7) is 10.1. The number of anilines is 1. The maximum atomic E-state index is 9.11. The fourth-order valence-electron chi connectivity index (χ4n) is 3.75. The molecule has 0 aliphatic rings. The second-order valence-electron chi connectivity index (χ2n) is 9.53. The lowest BCUT2D eigenvalue weighted by atomic mass is 10.2. The van der Waals surface area contributed by atoms with Crippen LogP contribution in [-0.4, -0.2) is 73.0 Å². The number of hydrogen-bond donors (Lipinski definition) is 6. The smallest absolute Gasteiger partial charge is 0.149 e. The van der Waals surface area contributed by atoms with Crippen LogP contribution >= 0.6 is 23.2 Å². The number of aromatic nitrogens is 9. The Morgan fingerprint density at radius 1 is 0.822 bits per heavy atom. The molecule has 6 aromatic rings. The van der Waals surface area contributed by atoms with Gasteiger partial charge in [-0.05, 0) is 50.4 Å². The lowest BCUT2D eigenvalue weighted by Crippen LogP contribution is -2.03. The van der Waals surface area contributed by atoms with Crippen molar-refractivity contribution in [2.75, 3.05) is 24.7 Å². The van der Waals surface area contributed by atoms with Crippen molar-refractivity contribution in [3.8, 4) is 0 Å². The van der Waals surface area contributed by atoms with E-state index >= 15 is 0 Å². The Morgan fingerprint density at radius 2 is 1.36 bits per heavy atom. The highest BCUT2D eigenvalue weighted by Gasteiger charge is 2.07. The number of H-pyrrole nitrogens is 3. The van der Waals surface area contributed by atoms with Crippen LogP contribution in [0, 0.1) is 13.8 Å². The number of nitrogens with two attached hydrogens (primary N) is 1. The third-order valence-corrected chi connectivity index (χ3v) is 6.56. The molecule has 6 aromatic heterocycles. The summed E-state index contributed by atoms with van der Waals surface area (Å²) in [4.78, 5) is 33.2. The summed E-state index contributed by atoms with van der Waals surface area (Å²) in [7, 11) is 0. The van der Waals surface area contributed by atoms with Crippen LogP contribution < -0.4 is 11.1 Å². The fraction of sp³-hybridized carbons (Fsp3) is 0.379. The lowest BCUT2D eigenvalue weighted by Gasteiger charge is -2.05. The maximum absolute atomic E-state index is 9.11. The average molecular weight is 679 g/mol. The van der Waals surface area contributed by atoms with Gasteiger partial charge in [-0.2, -0.15) is 0 Å². The van der Waals surface area contributed by atoms with Crippen molar-refractivity contribution in [1.82, 2.24) is 44.9 Å². The second-order valence-corrected chi connectivity index (χ2v) is 11.1. The normalized spacial score (nSPS) is 10.9. The van der Waals surface area contributed by atoms with Crippen LogP contribution in [0.25, 0.3) is 33.1 Å². The molecule has 16 heteroatoms. The first-order chi connectivity index (χ1) is 21.6. The average Bonchev–Trinajstić information content (AvgIpc) is 3.75. The first-order valence-electron chi connectivity index (χ1n) is 14.3. The van der Waals surface area contributed by atoms with Crippen molar-refractivity contribution in [3.05, 3.63) is 65.1 Å². The number of nitrogens with one attached hydrogen (secondary N) is 4. The zero-order chi connectivity index (χ0) is 33.2. The van der Waals surface area contributed by atoms with E-state index in [-0.39, 0.29) is 0 Å². The van der Waals surface area contributed by atoms with E-state index in [1.165, 1.54) is 43.7 Å². The molecule has 7 N–H and O–H groups in total. The number of hydrogen-bond acceptors (Lipinski definition) is 9. The second kappa shape index (κ2) is 20.4. The topological polar surface area (TPSA) is 200 Å². The summed E-state index contributed by atoms with van der Waals surface area (Å²) in [5, 5.41) is 7.23. The number of nitrogens with zero attached hydrogens (tertiary/aromatic N) is 6. The number of unbranched alkanes of at least 4 members (excludes halogenated alkanes) is 2. The van der Waals surface area contributed by atoms with Gasteiger partial charge in [0.25, 0.3) is 0 Å². The van der Waals surface area contributed by atoms with Crippen LogP contribution in [0.5, 0.6) is 0 Å². The molecule has 0 saturated heterocycles. The maximum Gasteiger partial charge on any atom is 0.149 e. The van der Waals surface area contributed by atoms with E-state index in [1.807, 2.05) is 25.4 Å². The molecule has 13 nitrogen and oxygen atoms in total. The molecule has 0 aliphatic heterocycles. The monoisotopic (exact) mass is 677 g/mol. The molecule has 45 heavy (non-hydrogen) atoms. The van der Waals surface area contributed by atoms with Crippen molar-refractivity contribution in [1.29, 1.82) is 0 Å². The SMILES string of the molecule is CCCCN.CCCCNc1ncnc2[nH]cc(C)c12.CS(=O)O.Cc1c[nH]c2ncnc(Cl)c12.Clc1ncnc2[nH]ccc12. The predicted molar refractivity (Wildman–Crippen MR) is 185 cm³/mol. The van der Waals surface area contributed by atoms with E-state index in [4.69, 9.17) is 37.7 Å². The minimum absolute atomic E-state index is 0.492. The third kappa shape index (κ3) is 12.3. The van der Waals surface area contributed by atoms with Crippen molar-refractivity contribution in [2.45, 2.75) is 53.4 Å². The summed E-state index contributed by atoms with van der Waals surface area (Å²) in [6.07, 6.45) is 16.0. The number of halogens is 2. The molecule has 0 aromatic carbocycles. The summed E-state index contributed by atoms with van der Waals surface area (Å²) < 4.78 is 16.6. The highest BCUT2D eigenvalue weighted by Crippen LogP contribution is 2.22. The minimum atomic E-state index is -1.61. The molecular weight excluding hydrogens is 637 g/mol. The van der Waals surface area contributed by atoms with Crippen molar-refractivity contribution >= 4 is 73.2 Å². The van der Waals surface area contributed by atoms with E-state index in [9.17, 15) is 0 Å². The molecule has 6 rings (SSSR count). The molecule has 0 spiro atoms. The van der Waals surface area contributed by atoms with Gasteiger partial charge in [-0.15, -0.1) is 0 Å². The number of rotatable bonds is 6. The standard InChI is InChI=1S/C11H16N4.C7H6ClN3.C6H4ClN3.C4H11N.CH4O2S/c1-3-4-5-12-10-9-8(2)6-13-11(9)15-7-14-10;1-4-2-9-7-5(4)6(8)10-3-11-7;7-5-4-1-2-8-6(4)10-3-9-5;1-2-3-4-5;1-4(2)3/h6-7H,3-5H2,1-2H3,(H2,12,13,14,15);2-3H,1H3,(H,9,10,11);1-3H,(H,8,9,10);2-5H2,1H3;1H3,(H,2,3). The molecule has 0 saturated carbocycles. The van der Waals surface area contributed by atoms with Crippen LogP contribution in [0.1, 0.15) is 50.7 Å². The van der Waals surface area contributed by atoms with Crippen LogP contribution in [0.2, 0.25) is 10.3 Å². The Bertz CT molecular complexity index is 1730. The first-order valence-corrected chi connectivity index (χ1v) is 16.5. The molecule has 0 bridgehead atoms. The third-order valence-electron chi connectivity index (χ3n) is 5.97. The Hall–Kier alpha value is -3.69. The van der Waals surface area contributed by atoms with Gasteiger partial charge < -0.3 is 30.6 Å². The Balaban J connectivity index is 0.000000211. The van der Waals surface area contributed by atoms with Gasteiger partial charge in [0, 0.05) is 31.4 Å². The summed E-state index contributed by atoms with van der Waals surface area (Å²) in [5.41, 5.74) is 9.87. The molecule has 0 fully saturated rings. The Labute approximate surface area is 274 Å². The van der Waals surface area contributed by atoms with Crippen LogP contribution in [0.3, 0.4) is 0 Å². The van der Waals surface area contributed by atoms with Crippen LogP contribution in [-0.2, 0) is 11.1 Å². The highest BCUT2D eigenvalue weighted by molar-refractivity contribution is 7.78. The van der Waals surface area contributed by atoms with Gasteiger partial charge in [-0.1, -0.05) is 49.9 Å². The molecular formula is C29H41Cl2N11O2S. The molecule has 0 aliphatic carbocycles. The summed E-state index contributed by atoms with van der Waals surface area (Å²) >= 11 is 9.95. The predicted octanol–water partition coefficient (Wildman–Crippen LogP) is 6.59. The summed E-state index contributed by atoms with van der Waals surface area (Å²) in [5.74, 6) is 0.937.